The summed E-state index contributed by atoms with van der Waals surface area (Å²) in [4.78, 5) is 0. The van der Waals surface area contributed by atoms with Crippen LogP contribution in [-0.2, 0) is 0 Å². The Balaban J connectivity index is 3.09. The molecule has 0 saturated heterocycles. The van der Waals surface area contributed by atoms with Crippen molar-refractivity contribution in [3.8, 4) is 0 Å². The van der Waals surface area contributed by atoms with E-state index in [0.29, 0.717) is 0 Å². The van der Waals surface area contributed by atoms with Gasteiger partial charge < -0.3 is 0 Å². The van der Waals surface area contributed by atoms with Crippen molar-refractivity contribution in [1.82, 2.24) is 0 Å². The molecule has 0 aliphatic heterocycles. The van der Waals surface area contributed by atoms with E-state index < -0.39 is 11.7 Å². The van der Waals surface area contributed by atoms with Gasteiger partial charge in [-0.2, -0.15) is 13.2 Å². The number of benzene rings is 1. The first-order valence-electron chi connectivity index (χ1n) is 3.94. The van der Waals surface area contributed by atoms with Crippen molar-refractivity contribution in [2.75, 3.05) is 5.88 Å². The molecule has 0 amide bonds. The van der Waals surface area contributed by atoms with E-state index in [9.17, 15) is 13.2 Å². The van der Waals surface area contributed by atoms with E-state index in [1.165, 1.54) is 12.1 Å². The molecular formula is C10H8ClF3. The average molecular weight is 221 g/mol. The van der Waals surface area contributed by atoms with Gasteiger partial charge in [-0.3, -0.25) is 0 Å². The Hall–Kier alpha value is -0.960. The van der Waals surface area contributed by atoms with Gasteiger partial charge in [0.1, 0.15) is 0 Å². The van der Waals surface area contributed by atoms with Gasteiger partial charge in [0.15, 0.2) is 0 Å². The van der Waals surface area contributed by atoms with Gasteiger partial charge >= 0.3 is 6.18 Å². The first kappa shape index (κ1) is 11.1. The second-order valence-corrected chi connectivity index (χ2v) is 2.94. The van der Waals surface area contributed by atoms with Crippen molar-refractivity contribution in [2.24, 2.45) is 0 Å². The molecule has 0 N–H and O–H groups in total. The van der Waals surface area contributed by atoms with Gasteiger partial charge in [0.25, 0.3) is 0 Å². The molecule has 0 saturated carbocycles. The largest absolute Gasteiger partial charge is 0.416 e. The van der Waals surface area contributed by atoms with Gasteiger partial charge in [-0.25, -0.2) is 0 Å². The Labute approximate surface area is 85.0 Å². The summed E-state index contributed by atoms with van der Waals surface area (Å²) in [6.45, 7) is 0. The molecule has 0 fully saturated rings. The molecule has 0 radical (unpaired) electrons. The number of halogens is 4. The molecule has 0 bridgehead atoms. The lowest BCUT2D eigenvalue weighted by atomic mass is 10.1. The molecule has 0 aromatic heterocycles. The first-order chi connectivity index (χ1) is 6.55. The summed E-state index contributed by atoms with van der Waals surface area (Å²) in [5.41, 5.74) is -0.547. The summed E-state index contributed by atoms with van der Waals surface area (Å²) in [6.07, 6.45) is -3.38. The quantitative estimate of drug-likeness (QED) is 0.664. The minimum Gasteiger partial charge on any atom is -0.166 e. The summed E-state index contributed by atoms with van der Waals surface area (Å²) in [5, 5.41) is 0. The van der Waals surface area contributed by atoms with Crippen molar-refractivity contribution in [3.05, 3.63) is 42.0 Å². The summed E-state index contributed by atoms with van der Waals surface area (Å²) in [7, 11) is 0. The summed E-state index contributed by atoms with van der Waals surface area (Å²) in [6, 6.07) is 7.60. The number of alkyl halides is 4. The van der Waals surface area contributed by atoms with Gasteiger partial charge in [0.05, 0.1) is 5.57 Å². The molecule has 0 unspecified atom stereocenters. The van der Waals surface area contributed by atoms with E-state index in [2.05, 4.69) is 0 Å². The van der Waals surface area contributed by atoms with E-state index in [1.54, 1.807) is 18.2 Å². The maximum absolute atomic E-state index is 12.5. The van der Waals surface area contributed by atoms with Crippen LogP contribution in [0.1, 0.15) is 5.56 Å². The van der Waals surface area contributed by atoms with Crippen LogP contribution in [-0.4, -0.2) is 12.1 Å². The molecule has 0 nitrogen and oxygen atoms in total. The predicted molar refractivity (Wildman–Crippen MR) is 51.2 cm³/mol. The normalized spacial score (nSPS) is 13.0. The molecule has 4 heteroatoms. The van der Waals surface area contributed by atoms with Crippen molar-refractivity contribution >= 4 is 17.2 Å². The summed E-state index contributed by atoms with van der Waals surface area (Å²) >= 11 is 5.28. The number of rotatable bonds is 2. The monoisotopic (exact) mass is 220 g/mol. The molecular weight excluding hydrogens is 213 g/mol. The van der Waals surface area contributed by atoms with E-state index >= 15 is 0 Å². The second kappa shape index (κ2) is 4.51. The highest BCUT2D eigenvalue weighted by Gasteiger charge is 2.33. The number of hydrogen-bond acceptors (Lipinski definition) is 0. The Morgan fingerprint density at radius 1 is 1.21 bits per heavy atom. The van der Waals surface area contributed by atoms with Crippen molar-refractivity contribution < 1.29 is 13.2 Å². The summed E-state index contributed by atoms with van der Waals surface area (Å²) < 4.78 is 37.4. The highest BCUT2D eigenvalue weighted by Crippen LogP contribution is 2.33. The van der Waals surface area contributed by atoms with E-state index in [4.69, 9.17) is 11.6 Å². The van der Waals surface area contributed by atoms with E-state index in [-0.39, 0.29) is 11.4 Å². The number of allylic oxidation sites excluding steroid dienone is 2. The maximum Gasteiger partial charge on any atom is 0.416 e. The second-order valence-electron chi connectivity index (χ2n) is 2.64. The van der Waals surface area contributed by atoms with Crippen molar-refractivity contribution in [2.45, 2.75) is 6.18 Å². The van der Waals surface area contributed by atoms with Crippen LogP contribution in [0.4, 0.5) is 13.2 Å². The molecule has 0 aliphatic carbocycles. The maximum atomic E-state index is 12.5. The third kappa shape index (κ3) is 2.77. The fourth-order valence-corrected chi connectivity index (χ4v) is 1.25. The lowest BCUT2D eigenvalue weighted by Gasteiger charge is -2.11. The standard InChI is InChI=1S/C10H8ClF3/c11-7-6-9(10(12,13)14)8-4-2-1-3-5-8/h1-6H,7H2. The molecule has 1 rings (SSSR count). The van der Waals surface area contributed by atoms with Crippen LogP contribution in [0, 0.1) is 0 Å². The lowest BCUT2D eigenvalue weighted by molar-refractivity contribution is -0.0689. The van der Waals surface area contributed by atoms with Gasteiger partial charge in [0, 0.05) is 5.88 Å². The fourth-order valence-electron chi connectivity index (χ4n) is 1.09. The minimum absolute atomic E-state index is 0.139. The minimum atomic E-state index is -4.35. The zero-order valence-corrected chi connectivity index (χ0v) is 7.94. The Morgan fingerprint density at radius 2 is 1.79 bits per heavy atom. The Morgan fingerprint density at radius 3 is 2.21 bits per heavy atom. The highest BCUT2D eigenvalue weighted by molar-refractivity contribution is 6.19. The Bertz CT molecular complexity index is 314. The predicted octanol–water partition coefficient (Wildman–Crippen LogP) is 3.87. The third-order valence-electron chi connectivity index (χ3n) is 1.67. The van der Waals surface area contributed by atoms with Crippen molar-refractivity contribution in [1.29, 1.82) is 0 Å². The molecule has 0 spiro atoms. The lowest BCUT2D eigenvalue weighted by Crippen LogP contribution is -2.10. The first-order valence-corrected chi connectivity index (χ1v) is 4.48. The van der Waals surface area contributed by atoms with Crippen molar-refractivity contribution in [3.63, 3.8) is 0 Å². The zero-order chi connectivity index (χ0) is 10.6. The highest BCUT2D eigenvalue weighted by atomic mass is 35.5. The van der Waals surface area contributed by atoms with Crippen LogP contribution >= 0.6 is 11.6 Å². The average Bonchev–Trinajstić information content (AvgIpc) is 2.14. The van der Waals surface area contributed by atoms with Crippen LogP contribution in [0.2, 0.25) is 0 Å². The van der Waals surface area contributed by atoms with Crippen LogP contribution in [0.15, 0.2) is 36.4 Å². The molecule has 0 atom stereocenters. The Kier molecular flexibility index (Phi) is 3.58. The zero-order valence-electron chi connectivity index (χ0n) is 7.18. The molecule has 0 aliphatic rings. The third-order valence-corrected chi connectivity index (χ3v) is 1.83. The van der Waals surface area contributed by atoms with Gasteiger partial charge in [-0.15, -0.1) is 11.6 Å². The smallest absolute Gasteiger partial charge is 0.166 e. The molecule has 1 aromatic rings. The summed E-state index contributed by atoms with van der Waals surface area (Å²) in [5.74, 6) is -0.149. The van der Waals surface area contributed by atoms with Gasteiger partial charge in [0.2, 0.25) is 0 Å². The molecule has 76 valence electrons. The molecule has 1 aromatic carbocycles. The van der Waals surface area contributed by atoms with E-state index in [1.807, 2.05) is 0 Å². The fraction of sp³-hybridized carbons (Fsp3) is 0.200. The van der Waals surface area contributed by atoms with Gasteiger partial charge in [-0.1, -0.05) is 36.4 Å². The molecule has 0 heterocycles. The molecule has 14 heavy (non-hydrogen) atoms. The van der Waals surface area contributed by atoms with Crippen LogP contribution in [0.3, 0.4) is 0 Å². The van der Waals surface area contributed by atoms with Crippen LogP contribution in [0.5, 0.6) is 0 Å². The van der Waals surface area contributed by atoms with Crippen LogP contribution in [0.25, 0.3) is 5.57 Å². The SMILES string of the molecule is FC(F)(F)C(=CCCl)c1ccccc1. The number of hydrogen-bond donors (Lipinski definition) is 0. The van der Waals surface area contributed by atoms with Crippen LogP contribution < -0.4 is 0 Å². The van der Waals surface area contributed by atoms with Gasteiger partial charge in [-0.05, 0) is 5.56 Å². The van der Waals surface area contributed by atoms with E-state index in [0.717, 1.165) is 6.08 Å². The topological polar surface area (TPSA) is 0 Å².